The summed E-state index contributed by atoms with van der Waals surface area (Å²) in [5.41, 5.74) is 1.05. The van der Waals surface area contributed by atoms with Crippen molar-refractivity contribution in [2.45, 2.75) is 38.1 Å². The van der Waals surface area contributed by atoms with Gasteiger partial charge in [-0.15, -0.1) is 0 Å². The second kappa shape index (κ2) is 7.30. The molecule has 9 heteroatoms. The molecular formula is C16H24FN7O. The summed E-state index contributed by atoms with van der Waals surface area (Å²) in [6.07, 6.45) is 6.24. The van der Waals surface area contributed by atoms with Gasteiger partial charge in [0.05, 0.1) is 6.20 Å². The quantitative estimate of drug-likeness (QED) is 0.765. The van der Waals surface area contributed by atoms with Gasteiger partial charge in [0.2, 0.25) is 5.91 Å². The van der Waals surface area contributed by atoms with Crippen LogP contribution in [0, 0.1) is 0 Å². The van der Waals surface area contributed by atoms with Gasteiger partial charge in [-0.25, -0.2) is 14.1 Å². The number of hydrogen-bond donors (Lipinski definition) is 0. The van der Waals surface area contributed by atoms with Crippen molar-refractivity contribution in [1.82, 2.24) is 34.3 Å². The maximum absolute atomic E-state index is 14.0. The van der Waals surface area contributed by atoms with E-state index in [1.54, 1.807) is 29.7 Å². The smallest absolute Gasteiger partial charge is 0.247 e. The molecule has 0 bridgehead atoms. The van der Waals surface area contributed by atoms with Crippen LogP contribution >= 0.6 is 0 Å². The van der Waals surface area contributed by atoms with E-state index in [1.807, 2.05) is 13.2 Å². The third-order valence-electron chi connectivity index (χ3n) is 4.67. The Balaban J connectivity index is 1.62. The first-order valence-electron chi connectivity index (χ1n) is 8.38. The predicted molar refractivity (Wildman–Crippen MR) is 89.3 cm³/mol. The normalized spacial score (nSPS) is 22.2. The van der Waals surface area contributed by atoms with E-state index in [9.17, 15) is 9.18 Å². The number of amides is 1. The van der Waals surface area contributed by atoms with Gasteiger partial charge >= 0.3 is 0 Å². The Bertz CT molecular complexity index is 701. The van der Waals surface area contributed by atoms with Crippen molar-refractivity contribution in [1.29, 1.82) is 0 Å². The average Bonchev–Trinajstić information content (AvgIpc) is 3.29. The highest BCUT2D eigenvalue weighted by Crippen LogP contribution is 2.23. The first-order chi connectivity index (χ1) is 11.9. The molecule has 1 aliphatic rings. The van der Waals surface area contributed by atoms with Crippen molar-refractivity contribution in [3.05, 3.63) is 30.6 Å². The highest BCUT2D eigenvalue weighted by molar-refractivity contribution is 5.79. The largest absolute Gasteiger partial charge is 0.342 e. The number of likely N-dealkylation sites (tertiary alicyclic amines) is 1. The summed E-state index contributed by atoms with van der Waals surface area (Å²) in [7, 11) is 3.62. The van der Waals surface area contributed by atoms with E-state index in [0.29, 0.717) is 26.1 Å². The predicted octanol–water partition coefficient (Wildman–Crippen LogP) is 0.644. The minimum atomic E-state index is -0.863. The van der Waals surface area contributed by atoms with Gasteiger partial charge in [0.15, 0.2) is 0 Å². The lowest BCUT2D eigenvalue weighted by Crippen LogP contribution is -2.43. The molecule has 0 N–H and O–H groups in total. The lowest BCUT2D eigenvalue weighted by atomic mass is 10.1. The Labute approximate surface area is 146 Å². The number of rotatable bonds is 6. The fraction of sp³-hybridized carbons (Fsp3) is 0.625. The van der Waals surface area contributed by atoms with Gasteiger partial charge in [0.1, 0.15) is 24.9 Å². The van der Waals surface area contributed by atoms with Crippen molar-refractivity contribution in [2.24, 2.45) is 7.05 Å². The number of alkyl halides is 1. The van der Waals surface area contributed by atoms with Gasteiger partial charge in [-0.1, -0.05) is 0 Å². The summed E-state index contributed by atoms with van der Waals surface area (Å²) in [6, 6.07) is -0.436. The van der Waals surface area contributed by atoms with Gasteiger partial charge < -0.3 is 4.90 Å². The lowest BCUT2D eigenvalue weighted by Gasteiger charge is -2.29. The summed E-state index contributed by atoms with van der Waals surface area (Å²) in [4.78, 5) is 20.2. The summed E-state index contributed by atoms with van der Waals surface area (Å²) in [5, 5.41) is 8.17. The van der Waals surface area contributed by atoms with E-state index >= 15 is 0 Å². The number of likely N-dealkylation sites (N-methyl/N-ethyl adjacent to an activating group) is 1. The van der Waals surface area contributed by atoms with Crippen molar-refractivity contribution in [3.63, 3.8) is 0 Å². The van der Waals surface area contributed by atoms with Crippen molar-refractivity contribution < 1.29 is 9.18 Å². The number of carbonyl (C=O) groups excluding carboxylic acids is 1. The Hall–Kier alpha value is -2.29. The van der Waals surface area contributed by atoms with Crippen molar-refractivity contribution in [3.8, 4) is 0 Å². The Morgan fingerprint density at radius 2 is 2.28 bits per heavy atom. The summed E-state index contributed by atoms with van der Waals surface area (Å²) in [6.45, 7) is 3.30. The zero-order valence-electron chi connectivity index (χ0n) is 14.8. The molecule has 0 saturated carbocycles. The van der Waals surface area contributed by atoms with E-state index in [2.05, 4.69) is 20.1 Å². The molecule has 0 radical (unpaired) electrons. The third-order valence-corrected chi connectivity index (χ3v) is 4.67. The van der Waals surface area contributed by atoms with Gasteiger partial charge in [0.25, 0.3) is 0 Å². The number of aromatic nitrogens is 5. The second-order valence-electron chi connectivity index (χ2n) is 6.71. The number of aryl methyl sites for hydroxylation is 1. The number of hydrogen-bond acceptors (Lipinski definition) is 5. The molecule has 25 heavy (non-hydrogen) atoms. The zero-order valence-corrected chi connectivity index (χ0v) is 14.8. The van der Waals surface area contributed by atoms with Crippen LogP contribution < -0.4 is 0 Å². The number of nitrogens with zero attached hydrogens (tertiary/aromatic N) is 7. The van der Waals surface area contributed by atoms with Crippen molar-refractivity contribution >= 4 is 5.91 Å². The van der Waals surface area contributed by atoms with Crippen LogP contribution in [0.5, 0.6) is 0 Å². The van der Waals surface area contributed by atoms with E-state index < -0.39 is 12.2 Å². The Morgan fingerprint density at radius 3 is 2.92 bits per heavy atom. The molecule has 2 aromatic heterocycles. The van der Waals surface area contributed by atoms with Crippen LogP contribution in [0.4, 0.5) is 4.39 Å². The zero-order chi connectivity index (χ0) is 18.0. The molecule has 136 valence electrons. The van der Waals surface area contributed by atoms with E-state index in [-0.39, 0.29) is 11.9 Å². The standard InChI is InChI=1S/C16H24FN7O/c1-12(24-11-18-10-20-24)16(25)21(2)9-15-4-14(17)8-23(15)7-13-5-19-22(3)6-13/h5-6,10-12,14-15H,4,7-9H2,1-3H3/t12-,14-,15-/m0/s1. The monoisotopic (exact) mass is 349 g/mol. The Morgan fingerprint density at radius 1 is 1.48 bits per heavy atom. The molecule has 8 nitrogen and oxygen atoms in total. The highest BCUT2D eigenvalue weighted by atomic mass is 19.1. The maximum Gasteiger partial charge on any atom is 0.247 e. The topological polar surface area (TPSA) is 72.1 Å². The molecule has 3 heterocycles. The summed E-state index contributed by atoms with van der Waals surface area (Å²) >= 11 is 0. The van der Waals surface area contributed by atoms with Crippen LogP contribution in [0.2, 0.25) is 0 Å². The minimum Gasteiger partial charge on any atom is -0.342 e. The lowest BCUT2D eigenvalue weighted by molar-refractivity contribution is -0.133. The number of carbonyl (C=O) groups is 1. The molecule has 3 rings (SSSR count). The maximum atomic E-state index is 14.0. The van der Waals surface area contributed by atoms with E-state index in [0.717, 1.165) is 5.56 Å². The molecule has 1 aliphatic heterocycles. The summed E-state index contributed by atoms with van der Waals surface area (Å²) < 4.78 is 17.2. The van der Waals surface area contributed by atoms with Crippen LogP contribution in [0.1, 0.15) is 24.9 Å². The molecule has 0 unspecified atom stereocenters. The molecule has 1 amide bonds. The first kappa shape index (κ1) is 17.5. The SMILES string of the molecule is C[C@@H](C(=O)N(C)C[C@@H]1C[C@H](F)CN1Cc1cnn(C)c1)n1cncn1. The van der Waals surface area contributed by atoms with Gasteiger partial charge in [-0.3, -0.25) is 14.4 Å². The molecule has 0 aliphatic carbocycles. The average molecular weight is 349 g/mol. The Kier molecular flexibility index (Phi) is 5.12. The van der Waals surface area contributed by atoms with Gasteiger partial charge in [-0.05, 0) is 13.3 Å². The van der Waals surface area contributed by atoms with Crippen LogP contribution in [0.25, 0.3) is 0 Å². The molecule has 1 saturated heterocycles. The van der Waals surface area contributed by atoms with Gasteiger partial charge in [0, 0.05) is 51.5 Å². The van der Waals surface area contributed by atoms with Crippen LogP contribution in [0.15, 0.2) is 25.0 Å². The highest BCUT2D eigenvalue weighted by Gasteiger charge is 2.34. The van der Waals surface area contributed by atoms with Crippen molar-refractivity contribution in [2.75, 3.05) is 20.1 Å². The molecule has 0 aromatic carbocycles. The van der Waals surface area contributed by atoms with Crippen LogP contribution in [-0.4, -0.2) is 72.6 Å². The van der Waals surface area contributed by atoms with E-state index in [1.165, 1.54) is 17.3 Å². The molecule has 0 spiro atoms. The molecule has 2 aromatic rings. The minimum absolute atomic E-state index is 0.00731. The van der Waals surface area contributed by atoms with Crippen LogP contribution in [-0.2, 0) is 18.4 Å². The van der Waals surface area contributed by atoms with Gasteiger partial charge in [-0.2, -0.15) is 10.2 Å². The van der Waals surface area contributed by atoms with E-state index in [4.69, 9.17) is 0 Å². The number of halogens is 1. The van der Waals surface area contributed by atoms with Crippen LogP contribution in [0.3, 0.4) is 0 Å². The molecular weight excluding hydrogens is 325 g/mol. The second-order valence-corrected chi connectivity index (χ2v) is 6.71. The summed E-state index contributed by atoms with van der Waals surface area (Å²) in [5.74, 6) is -0.0610. The third kappa shape index (κ3) is 4.04. The molecule has 1 fully saturated rings. The molecule has 3 atom stereocenters. The first-order valence-corrected chi connectivity index (χ1v) is 8.38. The fourth-order valence-electron chi connectivity index (χ4n) is 3.35. The fourth-order valence-corrected chi connectivity index (χ4v) is 3.35.